The zero-order valence-electron chi connectivity index (χ0n) is 20.6. The van der Waals surface area contributed by atoms with Gasteiger partial charge in [-0.2, -0.15) is 10.2 Å². The number of esters is 1. The fourth-order valence-electron chi connectivity index (χ4n) is 3.13. The third-order valence-corrected chi connectivity index (χ3v) is 5.10. The predicted molar refractivity (Wildman–Crippen MR) is 140 cm³/mol. The highest BCUT2D eigenvalue weighted by atomic mass is 16.6. The minimum Gasteiger partial charge on any atom is -0.507 e. The van der Waals surface area contributed by atoms with Gasteiger partial charge >= 0.3 is 5.97 Å². The number of carbonyl (C=O) groups is 3. The molecule has 0 spiro atoms. The van der Waals surface area contributed by atoms with Crippen molar-refractivity contribution in [1.82, 2.24) is 10.9 Å². The zero-order valence-corrected chi connectivity index (χ0v) is 20.6. The standard InChI is InChI=1S/C25H20N6O9/c1-2-40-25(35)17-11-18(13-26-28-23(33)15-3-7-20(8-4-15)30(36)37)22(32)19(12-17)14-27-29-24(34)16-5-9-21(10-6-16)31(38)39/h3-14,32H,2H2,1H3,(H,28,33)(H,29,34)/b26-13-,27-14+. The lowest BCUT2D eigenvalue weighted by atomic mass is 10.0. The van der Waals surface area contributed by atoms with Crippen LogP contribution in [0.2, 0.25) is 0 Å². The van der Waals surface area contributed by atoms with Gasteiger partial charge < -0.3 is 9.84 Å². The van der Waals surface area contributed by atoms with Crippen LogP contribution in [-0.2, 0) is 4.74 Å². The van der Waals surface area contributed by atoms with Crippen molar-refractivity contribution in [3.05, 3.63) is 109 Å². The molecule has 0 aromatic heterocycles. The highest BCUT2D eigenvalue weighted by molar-refractivity contribution is 6.00. The van der Waals surface area contributed by atoms with Gasteiger partial charge in [-0.15, -0.1) is 0 Å². The Bertz CT molecular complexity index is 1410. The molecule has 0 aliphatic rings. The fraction of sp³-hybridized carbons (Fsp3) is 0.0800. The summed E-state index contributed by atoms with van der Waals surface area (Å²) in [7, 11) is 0. The summed E-state index contributed by atoms with van der Waals surface area (Å²) in [5.74, 6) is -2.52. The van der Waals surface area contributed by atoms with Gasteiger partial charge in [0.1, 0.15) is 5.75 Å². The summed E-state index contributed by atoms with van der Waals surface area (Å²) in [5, 5.41) is 39.7. The Balaban J connectivity index is 1.79. The highest BCUT2D eigenvalue weighted by Crippen LogP contribution is 2.23. The summed E-state index contributed by atoms with van der Waals surface area (Å²) in [6, 6.07) is 12.1. The van der Waals surface area contributed by atoms with Gasteiger partial charge in [0.05, 0.1) is 34.4 Å². The second-order valence-electron chi connectivity index (χ2n) is 7.73. The first-order valence-corrected chi connectivity index (χ1v) is 11.3. The lowest BCUT2D eigenvalue weighted by Crippen LogP contribution is -2.18. The SMILES string of the molecule is CCOC(=O)c1cc(/C=N\NC(=O)c2ccc([N+](=O)[O-])cc2)c(O)c(/C=N/NC(=O)c2ccc([N+](=O)[O-])cc2)c1. The molecule has 204 valence electrons. The van der Waals surface area contributed by atoms with Crippen molar-refractivity contribution >= 4 is 41.6 Å². The van der Waals surface area contributed by atoms with Crippen LogP contribution < -0.4 is 10.9 Å². The van der Waals surface area contributed by atoms with E-state index < -0.39 is 33.4 Å². The first-order chi connectivity index (χ1) is 19.1. The monoisotopic (exact) mass is 548 g/mol. The number of phenols is 1. The van der Waals surface area contributed by atoms with Crippen LogP contribution in [0.25, 0.3) is 0 Å². The number of nitrogens with zero attached hydrogens (tertiary/aromatic N) is 4. The Morgan fingerprint density at radius 2 is 1.20 bits per heavy atom. The quantitative estimate of drug-likeness (QED) is 0.147. The maximum Gasteiger partial charge on any atom is 0.338 e. The molecule has 40 heavy (non-hydrogen) atoms. The normalized spacial score (nSPS) is 10.8. The van der Waals surface area contributed by atoms with Gasteiger partial charge in [0.15, 0.2) is 0 Å². The van der Waals surface area contributed by atoms with E-state index in [9.17, 15) is 39.7 Å². The molecule has 3 rings (SSSR count). The number of hydrogen-bond acceptors (Lipinski definition) is 11. The summed E-state index contributed by atoms with van der Waals surface area (Å²) < 4.78 is 4.99. The zero-order chi connectivity index (χ0) is 29.2. The molecule has 0 heterocycles. The van der Waals surface area contributed by atoms with E-state index in [1.165, 1.54) is 36.4 Å². The number of amides is 2. The molecule has 0 radical (unpaired) electrons. The van der Waals surface area contributed by atoms with Crippen LogP contribution in [0.5, 0.6) is 5.75 Å². The van der Waals surface area contributed by atoms with Crippen molar-refractivity contribution in [2.45, 2.75) is 6.92 Å². The average molecular weight is 548 g/mol. The molecule has 0 bridgehead atoms. The Morgan fingerprint density at radius 3 is 1.55 bits per heavy atom. The predicted octanol–water partition coefficient (Wildman–Crippen LogP) is 2.91. The smallest absolute Gasteiger partial charge is 0.338 e. The van der Waals surface area contributed by atoms with Gasteiger partial charge in [-0.05, 0) is 43.3 Å². The average Bonchev–Trinajstić information content (AvgIpc) is 2.94. The highest BCUT2D eigenvalue weighted by Gasteiger charge is 2.15. The fourth-order valence-corrected chi connectivity index (χ4v) is 3.13. The van der Waals surface area contributed by atoms with Crippen LogP contribution in [0, 0.1) is 20.2 Å². The van der Waals surface area contributed by atoms with Crippen LogP contribution in [-0.4, -0.2) is 51.8 Å². The lowest BCUT2D eigenvalue weighted by Gasteiger charge is -2.08. The molecule has 15 heteroatoms. The number of rotatable bonds is 10. The minimum atomic E-state index is -0.725. The molecule has 0 fully saturated rings. The van der Waals surface area contributed by atoms with E-state index in [1.54, 1.807) is 6.92 Å². The molecule has 3 aromatic carbocycles. The van der Waals surface area contributed by atoms with Gasteiger partial charge in [-0.3, -0.25) is 29.8 Å². The molecule has 3 N–H and O–H groups in total. The van der Waals surface area contributed by atoms with Gasteiger partial charge in [0.25, 0.3) is 23.2 Å². The van der Waals surface area contributed by atoms with Crippen LogP contribution in [0.1, 0.15) is 49.1 Å². The van der Waals surface area contributed by atoms with E-state index in [0.717, 1.165) is 36.7 Å². The van der Waals surface area contributed by atoms with E-state index in [0.29, 0.717) is 0 Å². The van der Waals surface area contributed by atoms with E-state index in [1.807, 2.05) is 0 Å². The number of phenolic OH excluding ortho intramolecular Hbond substituents is 1. The summed E-state index contributed by atoms with van der Waals surface area (Å²) in [5.41, 5.74) is 4.17. The summed E-state index contributed by atoms with van der Waals surface area (Å²) in [6.07, 6.45) is 2.10. The van der Waals surface area contributed by atoms with E-state index in [-0.39, 0.29) is 45.8 Å². The number of hydrazone groups is 2. The van der Waals surface area contributed by atoms with Crippen molar-refractivity contribution in [3.8, 4) is 5.75 Å². The molecular weight excluding hydrogens is 528 g/mol. The number of benzene rings is 3. The molecule has 3 aromatic rings. The Kier molecular flexibility index (Phi) is 9.29. The van der Waals surface area contributed by atoms with Crippen LogP contribution in [0.15, 0.2) is 70.9 Å². The third-order valence-electron chi connectivity index (χ3n) is 5.10. The number of ether oxygens (including phenoxy) is 1. The van der Waals surface area contributed by atoms with E-state index in [4.69, 9.17) is 4.74 Å². The van der Waals surface area contributed by atoms with Crippen molar-refractivity contribution in [2.75, 3.05) is 6.61 Å². The second-order valence-corrected chi connectivity index (χ2v) is 7.73. The molecule has 0 atom stereocenters. The molecular formula is C25H20N6O9. The van der Waals surface area contributed by atoms with E-state index >= 15 is 0 Å². The summed E-state index contributed by atoms with van der Waals surface area (Å²) >= 11 is 0. The Labute approximate surface area is 225 Å². The number of aromatic hydroxyl groups is 1. The number of non-ortho nitro benzene ring substituents is 2. The summed E-state index contributed by atoms with van der Waals surface area (Å²) in [6.45, 7) is 1.67. The van der Waals surface area contributed by atoms with Crippen LogP contribution in [0.4, 0.5) is 11.4 Å². The molecule has 15 nitrogen and oxygen atoms in total. The topological polar surface area (TPSA) is 216 Å². The van der Waals surface area contributed by atoms with Crippen LogP contribution >= 0.6 is 0 Å². The molecule has 0 aliphatic heterocycles. The lowest BCUT2D eigenvalue weighted by molar-refractivity contribution is -0.385. The molecule has 0 aliphatic carbocycles. The van der Waals surface area contributed by atoms with Crippen molar-refractivity contribution in [2.24, 2.45) is 10.2 Å². The van der Waals surface area contributed by atoms with Gasteiger partial charge in [0, 0.05) is 46.5 Å². The number of nitrogens with one attached hydrogen (secondary N) is 2. The number of nitro benzene ring substituents is 2. The Hall–Kier alpha value is -5.99. The minimum absolute atomic E-state index is 0.00550. The van der Waals surface area contributed by atoms with Crippen molar-refractivity contribution < 1.29 is 34.1 Å². The second kappa shape index (κ2) is 13.0. The van der Waals surface area contributed by atoms with Crippen molar-refractivity contribution in [3.63, 3.8) is 0 Å². The van der Waals surface area contributed by atoms with Crippen LogP contribution in [0.3, 0.4) is 0 Å². The van der Waals surface area contributed by atoms with Crippen molar-refractivity contribution in [1.29, 1.82) is 0 Å². The first-order valence-electron chi connectivity index (χ1n) is 11.3. The largest absolute Gasteiger partial charge is 0.507 e. The number of hydrogen-bond donors (Lipinski definition) is 3. The Morgan fingerprint density at radius 1 is 0.800 bits per heavy atom. The van der Waals surface area contributed by atoms with Gasteiger partial charge in [0.2, 0.25) is 0 Å². The summed E-state index contributed by atoms with van der Waals surface area (Å²) in [4.78, 5) is 57.2. The van der Waals surface area contributed by atoms with Gasteiger partial charge in [-0.1, -0.05) is 0 Å². The molecule has 2 amide bonds. The maximum absolute atomic E-state index is 12.3. The molecule has 0 saturated heterocycles. The molecule has 0 saturated carbocycles. The first kappa shape index (κ1) is 28.6. The third kappa shape index (κ3) is 7.28. The number of nitro groups is 2. The molecule has 0 unspecified atom stereocenters. The van der Waals surface area contributed by atoms with E-state index in [2.05, 4.69) is 21.1 Å². The number of carbonyl (C=O) groups excluding carboxylic acids is 3. The van der Waals surface area contributed by atoms with Gasteiger partial charge in [-0.25, -0.2) is 15.6 Å². The maximum atomic E-state index is 12.3.